The molecule has 0 aliphatic rings. The monoisotopic (exact) mass is 374 g/mol. The summed E-state index contributed by atoms with van der Waals surface area (Å²) in [6.07, 6.45) is -4.46. The molecule has 1 aromatic rings. The van der Waals surface area contributed by atoms with Gasteiger partial charge >= 0.3 is 6.36 Å². The first-order valence-electron chi connectivity index (χ1n) is 4.48. The normalized spacial score (nSPS) is 11.4. The van der Waals surface area contributed by atoms with Crippen LogP contribution in [-0.4, -0.2) is 17.5 Å². The Morgan fingerprint density at radius 2 is 2.00 bits per heavy atom. The third-order valence-corrected chi connectivity index (χ3v) is 2.85. The minimum absolute atomic E-state index is 0.160. The molecule has 0 heterocycles. The summed E-state index contributed by atoms with van der Waals surface area (Å²) in [6, 6.07) is 3.53. The van der Waals surface area contributed by atoms with Gasteiger partial charge in [0.2, 0.25) is 0 Å². The quantitative estimate of drug-likeness (QED) is 0.578. The summed E-state index contributed by atoms with van der Waals surface area (Å²) in [4.78, 5) is 11.5. The highest BCUT2D eigenvalue weighted by atomic mass is 79.9. The first kappa shape index (κ1) is 14.5. The molecule has 0 saturated heterocycles. The van der Waals surface area contributed by atoms with Gasteiger partial charge in [-0.25, -0.2) is 0 Å². The summed E-state index contributed by atoms with van der Waals surface area (Å²) >= 11 is 6.16. The largest absolute Gasteiger partial charge is 0.573 e. The lowest BCUT2D eigenvalue weighted by Gasteiger charge is -2.10. The molecule has 0 N–H and O–H groups in total. The minimum atomic E-state index is -4.74. The maximum absolute atomic E-state index is 11.9. The molecule has 0 aromatic heterocycles. The first-order valence-corrected chi connectivity index (χ1v) is 6.39. The zero-order valence-electron chi connectivity index (χ0n) is 8.35. The number of Topliss-reactive ketones (excluding diaryl/α,β-unsaturated/α-hetero) is 1. The van der Waals surface area contributed by atoms with Crippen molar-refractivity contribution in [2.45, 2.75) is 12.8 Å². The average molecular weight is 376 g/mol. The number of hydrogen-bond acceptors (Lipinski definition) is 2. The van der Waals surface area contributed by atoms with Crippen LogP contribution in [0.4, 0.5) is 13.2 Å². The van der Waals surface area contributed by atoms with Crippen LogP contribution in [0.3, 0.4) is 0 Å². The number of hydrogen-bond donors (Lipinski definition) is 0. The molecule has 94 valence electrons. The van der Waals surface area contributed by atoms with Crippen LogP contribution in [0.1, 0.15) is 16.8 Å². The van der Waals surface area contributed by atoms with Crippen LogP contribution in [0, 0.1) is 0 Å². The molecule has 7 heteroatoms. The smallest absolute Gasteiger partial charge is 0.406 e. The Morgan fingerprint density at radius 1 is 1.35 bits per heavy atom. The SMILES string of the molecule is O=C(CCBr)c1ccc(OC(F)(F)F)cc1Br. The molecule has 0 saturated carbocycles. The van der Waals surface area contributed by atoms with Crippen molar-refractivity contribution >= 4 is 37.6 Å². The molecule has 1 rings (SSSR count). The van der Waals surface area contributed by atoms with Crippen molar-refractivity contribution in [3.8, 4) is 5.75 Å². The fourth-order valence-corrected chi connectivity index (χ4v) is 2.08. The molecule has 0 fully saturated rings. The number of rotatable bonds is 4. The predicted octanol–water partition coefficient (Wildman–Crippen LogP) is 4.32. The van der Waals surface area contributed by atoms with Crippen LogP contribution in [0.5, 0.6) is 5.75 Å². The van der Waals surface area contributed by atoms with Gasteiger partial charge in [0.15, 0.2) is 5.78 Å². The number of carbonyl (C=O) groups is 1. The Hall–Kier alpha value is -0.560. The molecule has 1 aromatic carbocycles. The summed E-state index contributed by atoms with van der Waals surface area (Å²) < 4.78 is 39.8. The zero-order chi connectivity index (χ0) is 13.1. The molecule has 0 bridgehead atoms. The summed E-state index contributed by atoms with van der Waals surface area (Å²) in [5, 5.41) is 0.499. The van der Waals surface area contributed by atoms with Gasteiger partial charge < -0.3 is 4.74 Å². The first-order chi connectivity index (χ1) is 7.83. The van der Waals surface area contributed by atoms with Crippen LogP contribution in [0.15, 0.2) is 22.7 Å². The molecule has 0 spiro atoms. The molecular formula is C10H7Br2F3O2. The van der Waals surface area contributed by atoms with Crippen LogP contribution in [-0.2, 0) is 0 Å². The lowest BCUT2D eigenvalue weighted by atomic mass is 10.1. The fourth-order valence-electron chi connectivity index (χ4n) is 1.14. The zero-order valence-corrected chi connectivity index (χ0v) is 11.5. The summed E-state index contributed by atoms with van der Waals surface area (Å²) in [7, 11) is 0. The number of benzene rings is 1. The van der Waals surface area contributed by atoms with Crippen LogP contribution >= 0.6 is 31.9 Å². The van der Waals surface area contributed by atoms with E-state index in [9.17, 15) is 18.0 Å². The van der Waals surface area contributed by atoms with Gasteiger partial charge in [0, 0.05) is 21.8 Å². The highest BCUT2D eigenvalue weighted by Gasteiger charge is 2.31. The molecule has 0 aliphatic carbocycles. The standard InChI is InChI=1S/C10H7Br2F3O2/c11-4-3-9(16)7-2-1-6(5-8(7)12)17-10(13,14)15/h1-2,5H,3-4H2. The Labute approximate surface area is 112 Å². The second-order valence-electron chi connectivity index (χ2n) is 3.05. The molecule has 0 unspecified atom stereocenters. The Balaban J connectivity index is 2.90. The van der Waals surface area contributed by atoms with E-state index in [-0.39, 0.29) is 22.4 Å². The highest BCUT2D eigenvalue weighted by molar-refractivity contribution is 9.10. The molecule has 2 nitrogen and oxygen atoms in total. The lowest BCUT2D eigenvalue weighted by molar-refractivity contribution is -0.274. The molecule has 0 atom stereocenters. The number of ketones is 1. The fraction of sp³-hybridized carbons (Fsp3) is 0.300. The van der Waals surface area contributed by atoms with E-state index in [4.69, 9.17) is 0 Å². The van der Waals surface area contributed by atoms with E-state index in [1.54, 1.807) is 0 Å². The third kappa shape index (κ3) is 4.67. The van der Waals surface area contributed by atoms with E-state index in [0.29, 0.717) is 10.9 Å². The van der Waals surface area contributed by atoms with Crippen LogP contribution in [0.25, 0.3) is 0 Å². The summed E-state index contributed by atoms with van der Waals surface area (Å²) in [6.45, 7) is 0. The molecule has 0 aliphatic heterocycles. The van der Waals surface area contributed by atoms with E-state index < -0.39 is 6.36 Å². The second-order valence-corrected chi connectivity index (χ2v) is 4.70. The maximum Gasteiger partial charge on any atom is 0.573 e. The van der Waals surface area contributed by atoms with Crippen LogP contribution < -0.4 is 4.74 Å². The van der Waals surface area contributed by atoms with Crippen molar-refractivity contribution < 1.29 is 22.7 Å². The summed E-state index contributed by atoms with van der Waals surface area (Å²) in [5.74, 6) is -0.521. The lowest BCUT2D eigenvalue weighted by Crippen LogP contribution is -2.17. The minimum Gasteiger partial charge on any atom is -0.406 e. The Kier molecular flexibility index (Phi) is 5.00. The van der Waals surface area contributed by atoms with E-state index >= 15 is 0 Å². The van der Waals surface area contributed by atoms with Crippen molar-refractivity contribution in [3.05, 3.63) is 28.2 Å². The van der Waals surface area contributed by atoms with E-state index in [0.717, 1.165) is 12.1 Å². The number of ether oxygens (including phenoxy) is 1. The van der Waals surface area contributed by atoms with Crippen molar-refractivity contribution in [3.63, 3.8) is 0 Å². The van der Waals surface area contributed by atoms with Crippen molar-refractivity contribution in [2.75, 3.05) is 5.33 Å². The van der Waals surface area contributed by atoms with Crippen molar-refractivity contribution in [2.24, 2.45) is 0 Å². The van der Waals surface area contributed by atoms with Gasteiger partial charge in [-0.15, -0.1) is 13.2 Å². The molecule has 0 radical (unpaired) electrons. The van der Waals surface area contributed by atoms with Crippen molar-refractivity contribution in [1.29, 1.82) is 0 Å². The predicted molar refractivity (Wildman–Crippen MR) is 63.6 cm³/mol. The number of halogens is 5. The maximum atomic E-state index is 11.9. The molecule has 0 amide bonds. The Bertz CT molecular complexity index is 419. The second kappa shape index (κ2) is 5.86. The molecular weight excluding hydrogens is 369 g/mol. The van der Waals surface area contributed by atoms with Gasteiger partial charge in [-0.1, -0.05) is 15.9 Å². The Morgan fingerprint density at radius 3 is 2.47 bits per heavy atom. The van der Waals surface area contributed by atoms with Gasteiger partial charge in [-0.3, -0.25) is 4.79 Å². The van der Waals surface area contributed by atoms with E-state index in [1.165, 1.54) is 6.07 Å². The van der Waals surface area contributed by atoms with Gasteiger partial charge in [0.1, 0.15) is 5.75 Å². The van der Waals surface area contributed by atoms with Gasteiger partial charge in [-0.2, -0.15) is 0 Å². The van der Waals surface area contributed by atoms with Gasteiger partial charge in [-0.05, 0) is 34.1 Å². The summed E-state index contributed by atoms with van der Waals surface area (Å²) in [5.41, 5.74) is 0.332. The van der Waals surface area contributed by atoms with Crippen LogP contribution in [0.2, 0.25) is 0 Å². The van der Waals surface area contributed by atoms with E-state index in [2.05, 4.69) is 36.6 Å². The number of carbonyl (C=O) groups excluding carboxylic acids is 1. The molecule has 17 heavy (non-hydrogen) atoms. The van der Waals surface area contributed by atoms with Crippen molar-refractivity contribution in [1.82, 2.24) is 0 Å². The van der Waals surface area contributed by atoms with Gasteiger partial charge in [0.05, 0.1) is 0 Å². The average Bonchev–Trinajstić information content (AvgIpc) is 2.15. The van der Waals surface area contributed by atoms with E-state index in [1.807, 2.05) is 0 Å². The topological polar surface area (TPSA) is 26.3 Å². The third-order valence-electron chi connectivity index (χ3n) is 1.80. The highest BCUT2D eigenvalue weighted by Crippen LogP contribution is 2.28. The van der Waals surface area contributed by atoms with Gasteiger partial charge in [0.25, 0.3) is 0 Å². The number of alkyl halides is 4.